The Bertz CT molecular complexity index is 595. The van der Waals surface area contributed by atoms with Crippen molar-refractivity contribution in [2.75, 3.05) is 74.2 Å². The molecule has 1 unspecified atom stereocenters. The van der Waals surface area contributed by atoms with Gasteiger partial charge in [-0.1, -0.05) is 0 Å². The van der Waals surface area contributed by atoms with Crippen LogP contribution in [0.1, 0.15) is 20.8 Å². The van der Waals surface area contributed by atoms with Crippen LogP contribution in [-0.4, -0.2) is 98.2 Å². The first kappa shape index (κ1) is 29.6. The fourth-order valence-electron chi connectivity index (χ4n) is 2.16. The van der Waals surface area contributed by atoms with Crippen molar-refractivity contribution >= 4 is 24.1 Å². The van der Waals surface area contributed by atoms with Crippen LogP contribution >= 0.6 is 0 Å². The lowest BCUT2D eigenvalue weighted by atomic mass is 9.93. The van der Waals surface area contributed by atoms with E-state index < -0.39 is 34.9 Å². The second kappa shape index (κ2) is 15.4. The van der Waals surface area contributed by atoms with Crippen molar-refractivity contribution in [2.24, 2.45) is 10.8 Å². The maximum absolute atomic E-state index is 11.8. The number of rotatable bonds is 12. The molecule has 1 heterocycles. The molecule has 0 aromatic heterocycles. The van der Waals surface area contributed by atoms with E-state index in [-0.39, 0.29) is 39.6 Å². The zero-order valence-corrected chi connectivity index (χ0v) is 19.6. The van der Waals surface area contributed by atoms with Crippen molar-refractivity contribution in [3.05, 3.63) is 0 Å². The molecule has 0 aromatic rings. The number of esters is 3. The van der Waals surface area contributed by atoms with Gasteiger partial charge in [-0.25, -0.2) is 4.79 Å². The Kier molecular flexibility index (Phi) is 14.2. The summed E-state index contributed by atoms with van der Waals surface area (Å²) in [4.78, 5) is 44.7. The molecular formula is C20H34O12. The molecule has 1 aliphatic heterocycles. The van der Waals surface area contributed by atoms with Crippen LogP contribution in [0.5, 0.6) is 0 Å². The van der Waals surface area contributed by atoms with E-state index in [4.69, 9.17) is 28.4 Å². The monoisotopic (exact) mass is 466 g/mol. The first-order valence-corrected chi connectivity index (χ1v) is 9.79. The molecule has 0 amide bonds. The minimum absolute atomic E-state index is 0.0162. The van der Waals surface area contributed by atoms with Gasteiger partial charge in [0.15, 0.2) is 0 Å². The van der Waals surface area contributed by atoms with E-state index in [1.54, 1.807) is 13.8 Å². The van der Waals surface area contributed by atoms with E-state index in [2.05, 4.69) is 9.47 Å². The smallest absolute Gasteiger partial charge is 0.465 e. The summed E-state index contributed by atoms with van der Waals surface area (Å²) in [6.45, 7) is 5.54. The normalized spacial score (nSPS) is 16.2. The summed E-state index contributed by atoms with van der Waals surface area (Å²) in [5, 5.41) is 0. The third-order valence-electron chi connectivity index (χ3n) is 4.10. The first-order chi connectivity index (χ1) is 15.0. The van der Waals surface area contributed by atoms with Crippen molar-refractivity contribution in [3.8, 4) is 0 Å². The Morgan fingerprint density at radius 3 is 1.88 bits per heavy atom. The lowest BCUT2D eigenvalue weighted by Crippen LogP contribution is -2.44. The van der Waals surface area contributed by atoms with Crippen molar-refractivity contribution in [1.82, 2.24) is 0 Å². The van der Waals surface area contributed by atoms with Gasteiger partial charge < -0.3 is 37.9 Å². The minimum atomic E-state index is -0.992. The molecule has 0 N–H and O–H groups in total. The minimum Gasteiger partial charge on any atom is -0.465 e. The molecule has 0 radical (unpaired) electrons. The van der Waals surface area contributed by atoms with E-state index in [1.165, 1.54) is 28.3 Å². The van der Waals surface area contributed by atoms with E-state index in [9.17, 15) is 19.2 Å². The molecule has 12 nitrogen and oxygen atoms in total. The molecule has 1 rings (SSSR count). The van der Waals surface area contributed by atoms with Gasteiger partial charge >= 0.3 is 24.1 Å². The summed E-state index contributed by atoms with van der Waals surface area (Å²) in [6.07, 6.45) is -0.753. The van der Waals surface area contributed by atoms with Crippen molar-refractivity contribution < 1.29 is 57.1 Å². The number of methoxy groups -OCH3 is 3. The van der Waals surface area contributed by atoms with Gasteiger partial charge in [0.25, 0.3) is 0 Å². The largest absolute Gasteiger partial charge is 0.508 e. The predicted molar refractivity (Wildman–Crippen MR) is 108 cm³/mol. The second-order valence-corrected chi connectivity index (χ2v) is 7.42. The fraction of sp³-hybridized carbons (Fsp3) is 0.800. The highest BCUT2D eigenvalue weighted by Crippen LogP contribution is 2.24. The molecule has 1 atom stereocenters. The Morgan fingerprint density at radius 1 is 0.875 bits per heavy atom. The highest BCUT2D eigenvalue weighted by Gasteiger charge is 2.41. The number of carbonyl (C=O) groups is 4. The zero-order valence-electron chi connectivity index (χ0n) is 19.6. The molecule has 1 aliphatic rings. The van der Waals surface area contributed by atoms with Crippen LogP contribution in [0.2, 0.25) is 0 Å². The summed E-state index contributed by atoms with van der Waals surface area (Å²) < 4.78 is 38.5. The molecule has 32 heavy (non-hydrogen) atoms. The van der Waals surface area contributed by atoms with Crippen LogP contribution in [0.4, 0.5) is 4.79 Å². The quantitative estimate of drug-likeness (QED) is 0.227. The average molecular weight is 466 g/mol. The Balaban J connectivity index is 0.000000604. The fourth-order valence-corrected chi connectivity index (χ4v) is 2.16. The molecule has 0 saturated carbocycles. The van der Waals surface area contributed by atoms with Gasteiger partial charge in [0.2, 0.25) is 0 Å². The third kappa shape index (κ3) is 11.3. The van der Waals surface area contributed by atoms with Crippen molar-refractivity contribution in [2.45, 2.75) is 20.8 Å². The molecule has 186 valence electrons. The molecular weight excluding hydrogens is 432 g/mol. The third-order valence-corrected chi connectivity index (χ3v) is 4.10. The number of hydrogen-bond donors (Lipinski definition) is 0. The van der Waals surface area contributed by atoms with Crippen LogP contribution in [0.15, 0.2) is 0 Å². The van der Waals surface area contributed by atoms with Gasteiger partial charge in [0.05, 0.1) is 19.8 Å². The Hall–Kier alpha value is -2.44. The molecule has 1 saturated heterocycles. The molecule has 0 aromatic carbocycles. The van der Waals surface area contributed by atoms with Gasteiger partial charge in [0, 0.05) is 28.3 Å². The molecule has 0 aliphatic carbocycles. The van der Waals surface area contributed by atoms with E-state index in [0.29, 0.717) is 13.2 Å². The first-order valence-electron chi connectivity index (χ1n) is 9.79. The van der Waals surface area contributed by atoms with Gasteiger partial charge in [0.1, 0.15) is 43.9 Å². The average Bonchev–Trinajstić information content (AvgIpc) is 2.75. The van der Waals surface area contributed by atoms with Crippen LogP contribution in [0, 0.1) is 10.8 Å². The molecule has 0 bridgehead atoms. The predicted octanol–water partition coefficient (Wildman–Crippen LogP) is 0.741. The highest BCUT2D eigenvalue weighted by atomic mass is 16.7. The summed E-state index contributed by atoms with van der Waals surface area (Å²) >= 11 is 0. The second-order valence-electron chi connectivity index (χ2n) is 7.42. The number of hydrogen-bond acceptors (Lipinski definition) is 12. The lowest BCUT2D eigenvalue weighted by Gasteiger charge is -2.29. The van der Waals surface area contributed by atoms with Gasteiger partial charge in [-0.2, -0.15) is 0 Å². The van der Waals surface area contributed by atoms with Crippen LogP contribution in [0.3, 0.4) is 0 Å². The topological polar surface area (TPSA) is 142 Å². The highest BCUT2D eigenvalue weighted by molar-refractivity contribution is 5.78. The SMILES string of the molecule is COCCOC(=O)C(C)(COC)COC(C)=O.COCCOC(=O)C1(C)COC(=O)OC1. The summed E-state index contributed by atoms with van der Waals surface area (Å²) in [7, 11) is 4.50. The van der Waals surface area contributed by atoms with Crippen molar-refractivity contribution in [1.29, 1.82) is 0 Å². The molecule has 12 heteroatoms. The van der Waals surface area contributed by atoms with Gasteiger partial charge in [-0.15, -0.1) is 0 Å². The number of carbonyl (C=O) groups excluding carboxylic acids is 4. The van der Waals surface area contributed by atoms with Crippen LogP contribution in [0.25, 0.3) is 0 Å². The number of ether oxygens (including phenoxy) is 8. The van der Waals surface area contributed by atoms with E-state index in [1.807, 2.05) is 0 Å². The van der Waals surface area contributed by atoms with Gasteiger partial charge in [-0.05, 0) is 13.8 Å². The van der Waals surface area contributed by atoms with E-state index in [0.717, 1.165) is 0 Å². The summed E-state index contributed by atoms with van der Waals surface area (Å²) in [5.74, 6) is -1.37. The Morgan fingerprint density at radius 2 is 1.41 bits per heavy atom. The molecule has 1 fully saturated rings. The summed E-state index contributed by atoms with van der Waals surface area (Å²) in [5.41, 5.74) is -1.91. The van der Waals surface area contributed by atoms with Crippen LogP contribution < -0.4 is 0 Å². The maximum atomic E-state index is 11.8. The van der Waals surface area contributed by atoms with Crippen LogP contribution in [-0.2, 0) is 52.3 Å². The lowest BCUT2D eigenvalue weighted by molar-refractivity contribution is -0.168. The molecule has 0 spiro atoms. The van der Waals surface area contributed by atoms with Crippen molar-refractivity contribution in [3.63, 3.8) is 0 Å². The standard InChI is InChI=1S/C11H20O6.C9H14O6/c1-9(12)17-8-11(2,7-15-4)10(13)16-6-5-14-3;1-9(5-14-8(11)15-6-9)7(10)13-4-3-12-2/h5-8H2,1-4H3;3-6H2,1-2H3. The maximum Gasteiger partial charge on any atom is 0.508 e. The van der Waals surface area contributed by atoms with E-state index >= 15 is 0 Å². The zero-order chi connectivity index (χ0) is 24.6. The van der Waals surface area contributed by atoms with Gasteiger partial charge in [-0.3, -0.25) is 14.4 Å². The Labute approximate surface area is 187 Å². The summed E-state index contributed by atoms with van der Waals surface area (Å²) in [6, 6.07) is 0. The number of cyclic esters (lactones) is 2.